The summed E-state index contributed by atoms with van der Waals surface area (Å²) in [4.78, 5) is 22.0. The van der Waals surface area contributed by atoms with E-state index in [9.17, 15) is 18.0 Å². The number of carbonyl (C=O) groups is 2. The fourth-order valence-electron chi connectivity index (χ4n) is 1.38. The smallest absolute Gasteiger partial charge is 0.422 e. The molecule has 0 saturated carbocycles. The lowest BCUT2D eigenvalue weighted by molar-refractivity contribution is 0.0696. The highest BCUT2D eigenvalue weighted by Gasteiger charge is 2.16. The van der Waals surface area contributed by atoms with E-state index in [0.717, 1.165) is 0 Å². The number of rotatable bonds is 6. The summed E-state index contributed by atoms with van der Waals surface area (Å²) in [6.07, 6.45) is -1.54. The second kappa shape index (κ2) is 7.04. The first kappa shape index (κ1) is 16.9. The number of carbonyl (C=O) groups excluding carboxylic acids is 1. The Morgan fingerprint density at radius 1 is 1.33 bits per heavy atom. The summed E-state index contributed by atoms with van der Waals surface area (Å²) >= 11 is 0. The molecule has 1 amide bonds. The number of carboxylic acids is 1. The summed E-state index contributed by atoms with van der Waals surface area (Å²) in [5.74, 6) is -1.11. The van der Waals surface area contributed by atoms with Gasteiger partial charge in [0.2, 0.25) is 0 Å². The highest BCUT2D eigenvalue weighted by atomic mass is 32.2. The topological polar surface area (TPSA) is 122 Å². The van der Waals surface area contributed by atoms with Crippen molar-refractivity contribution in [3.63, 3.8) is 0 Å². The van der Waals surface area contributed by atoms with Gasteiger partial charge >= 0.3 is 22.3 Å². The van der Waals surface area contributed by atoms with Gasteiger partial charge in [-0.1, -0.05) is 12.1 Å². The quantitative estimate of drug-likeness (QED) is 0.715. The second-order valence-corrected chi connectivity index (χ2v) is 5.89. The van der Waals surface area contributed by atoms with Crippen LogP contribution in [0.4, 0.5) is 4.79 Å². The zero-order chi connectivity index (χ0) is 16.0. The van der Waals surface area contributed by atoms with Crippen molar-refractivity contribution in [2.45, 2.75) is 26.5 Å². The van der Waals surface area contributed by atoms with Gasteiger partial charge in [-0.15, -0.1) is 0 Å². The van der Waals surface area contributed by atoms with E-state index in [0.29, 0.717) is 5.56 Å². The fraction of sp³-hybridized carbons (Fsp3) is 0.333. The number of aromatic carboxylic acids is 1. The Morgan fingerprint density at radius 2 is 2.00 bits per heavy atom. The molecule has 8 nitrogen and oxygen atoms in total. The summed E-state index contributed by atoms with van der Waals surface area (Å²) in [5.41, 5.74) is 0.483. The minimum atomic E-state index is -4.08. The van der Waals surface area contributed by atoms with Crippen molar-refractivity contribution in [1.29, 1.82) is 0 Å². The number of benzene rings is 1. The van der Waals surface area contributed by atoms with Gasteiger partial charge in [-0.3, -0.25) is 0 Å². The van der Waals surface area contributed by atoms with Crippen LogP contribution in [0, 0.1) is 0 Å². The normalized spacial score (nSPS) is 11.2. The first-order valence-corrected chi connectivity index (χ1v) is 7.48. The molecule has 0 aromatic heterocycles. The number of ether oxygens (including phenoxy) is 1. The van der Waals surface area contributed by atoms with Crippen molar-refractivity contribution in [3.05, 3.63) is 35.4 Å². The lowest BCUT2D eigenvalue weighted by atomic mass is 10.1. The Morgan fingerprint density at radius 3 is 2.57 bits per heavy atom. The summed E-state index contributed by atoms with van der Waals surface area (Å²) in [6, 6.07) is 5.77. The molecule has 1 aromatic carbocycles. The van der Waals surface area contributed by atoms with Crippen molar-refractivity contribution in [2.75, 3.05) is 0 Å². The molecule has 1 rings (SSSR count). The van der Waals surface area contributed by atoms with E-state index in [2.05, 4.69) is 9.46 Å². The Kier molecular flexibility index (Phi) is 5.68. The molecule has 9 heteroatoms. The highest BCUT2D eigenvalue weighted by molar-refractivity contribution is 7.88. The molecule has 3 N–H and O–H groups in total. The third kappa shape index (κ3) is 6.23. The molecule has 0 aliphatic carbocycles. The standard InChI is InChI=1S/C12H16N2O6S/c1-8(2)20-12(17)14-21(18,19)13-7-9-4-3-5-10(6-9)11(15)16/h3-6,8,13H,7H2,1-2H3,(H,14,17)(H,15,16). The molecule has 21 heavy (non-hydrogen) atoms. The zero-order valence-electron chi connectivity index (χ0n) is 11.5. The minimum absolute atomic E-state index is 0.0406. The van der Waals surface area contributed by atoms with E-state index >= 15 is 0 Å². The number of hydrogen-bond acceptors (Lipinski definition) is 5. The van der Waals surface area contributed by atoms with Gasteiger partial charge in [0, 0.05) is 6.54 Å². The summed E-state index contributed by atoms with van der Waals surface area (Å²) in [5, 5.41) is 8.83. The summed E-state index contributed by atoms with van der Waals surface area (Å²) in [7, 11) is -4.08. The number of nitrogens with one attached hydrogen (secondary N) is 2. The Bertz CT molecular complexity index is 626. The van der Waals surface area contributed by atoms with E-state index in [1.54, 1.807) is 24.6 Å². The molecule has 0 unspecified atom stereocenters. The summed E-state index contributed by atoms with van der Waals surface area (Å²) in [6.45, 7) is 3.00. The van der Waals surface area contributed by atoms with E-state index in [1.165, 1.54) is 18.2 Å². The maximum absolute atomic E-state index is 11.6. The van der Waals surface area contributed by atoms with Gasteiger partial charge in [0.05, 0.1) is 11.7 Å². The van der Waals surface area contributed by atoms with Crippen molar-refractivity contribution in [3.8, 4) is 0 Å². The molecular formula is C12H16N2O6S. The molecule has 0 spiro atoms. The molecule has 0 atom stereocenters. The molecule has 0 radical (unpaired) electrons. The van der Waals surface area contributed by atoms with Crippen LogP contribution < -0.4 is 9.44 Å². The van der Waals surface area contributed by atoms with Crippen LogP contribution in [0.25, 0.3) is 0 Å². The van der Waals surface area contributed by atoms with Gasteiger partial charge in [0.25, 0.3) is 0 Å². The van der Waals surface area contributed by atoms with Crippen LogP contribution in [0.3, 0.4) is 0 Å². The predicted octanol–water partition coefficient (Wildman–Crippen LogP) is 0.854. The van der Waals surface area contributed by atoms with Crippen molar-refractivity contribution >= 4 is 22.3 Å². The van der Waals surface area contributed by atoms with E-state index in [4.69, 9.17) is 5.11 Å². The first-order valence-electron chi connectivity index (χ1n) is 6.00. The monoisotopic (exact) mass is 316 g/mol. The van der Waals surface area contributed by atoms with Gasteiger partial charge < -0.3 is 9.84 Å². The van der Waals surface area contributed by atoms with E-state index < -0.39 is 28.4 Å². The van der Waals surface area contributed by atoms with Gasteiger partial charge in [-0.2, -0.15) is 13.1 Å². The van der Waals surface area contributed by atoms with E-state index in [1.807, 2.05) is 0 Å². The average Bonchev–Trinajstić information content (AvgIpc) is 2.35. The molecule has 0 bridgehead atoms. The largest absolute Gasteiger partial charge is 0.478 e. The Hall–Kier alpha value is -2.13. The van der Waals surface area contributed by atoms with Crippen LogP contribution in [0.1, 0.15) is 29.8 Å². The second-order valence-electron chi connectivity index (χ2n) is 4.39. The molecule has 0 aliphatic rings. The molecular weight excluding hydrogens is 300 g/mol. The lowest BCUT2D eigenvalue weighted by Gasteiger charge is -2.11. The SMILES string of the molecule is CC(C)OC(=O)NS(=O)(=O)NCc1cccc(C(=O)O)c1. The maximum Gasteiger partial charge on any atom is 0.422 e. The van der Waals surface area contributed by atoms with Crippen LogP contribution in [-0.4, -0.2) is 31.7 Å². The minimum Gasteiger partial charge on any atom is -0.478 e. The molecule has 0 fully saturated rings. The van der Waals surface area contributed by atoms with Crippen LogP contribution in [0.5, 0.6) is 0 Å². The van der Waals surface area contributed by atoms with Crippen molar-refractivity contribution in [1.82, 2.24) is 9.44 Å². The lowest BCUT2D eigenvalue weighted by Crippen LogP contribution is -2.40. The first-order chi connectivity index (χ1) is 9.69. The van der Waals surface area contributed by atoms with E-state index in [-0.39, 0.29) is 12.1 Å². The van der Waals surface area contributed by atoms with Crippen LogP contribution in [0.15, 0.2) is 24.3 Å². The third-order valence-corrected chi connectivity index (χ3v) is 3.16. The Labute approximate surface area is 122 Å². The maximum atomic E-state index is 11.6. The molecule has 0 heterocycles. The third-order valence-electron chi connectivity index (χ3n) is 2.20. The number of amides is 1. The van der Waals surface area contributed by atoms with Gasteiger partial charge in [-0.25, -0.2) is 14.3 Å². The van der Waals surface area contributed by atoms with Crippen LogP contribution in [0.2, 0.25) is 0 Å². The van der Waals surface area contributed by atoms with Crippen LogP contribution >= 0.6 is 0 Å². The average molecular weight is 316 g/mol. The van der Waals surface area contributed by atoms with Crippen LogP contribution in [-0.2, 0) is 21.5 Å². The van der Waals surface area contributed by atoms with Gasteiger partial charge in [-0.05, 0) is 31.5 Å². The number of carboxylic acid groups (broad SMARTS) is 1. The zero-order valence-corrected chi connectivity index (χ0v) is 12.3. The van der Waals surface area contributed by atoms with Gasteiger partial charge in [0.1, 0.15) is 0 Å². The predicted molar refractivity (Wildman–Crippen MR) is 73.9 cm³/mol. The molecule has 1 aromatic rings. The highest BCUT2D eigenvalue weighted by Crippen LogP contribution is 2.05. The fourth-order valence-corrected chi connectivity index (χ4v) is 2.07. The van der Waals surface area contributed by atoms with Gasteiger partial charge in [0.15, 0.2) is 0 Å². The van der Waals surface area contributed by atoms with Crippen molar-refractivity contribution < 1.29 is 27.9 Å². The molecule has 116 valence electrons. The summed E-state index contributed by atoms with van der Waals surface area (Å²) < 4.78 is 31.6. The molecule has 0 saturated heterocycles. The molecule has 0 aliphatic heterocycles. The number of hydrogen-bond donors (Lipinski definition) is 3. The Balaban J connectivity index is 2.63. The van der Waals surface area contributed by atoms with Crippen molar-refractivity contribution in [2.24, 2.45) is 0 Å².